The summed E-state index contributed by atoms with van der Waals surface area (Å²) in [5, 5.41) is 11.2. The highest BCUT2D eigenvalue weighted by Crippen LogP contribution is 2.16. The second-order valence-electron chi connectivity index (χ2n) is 4.80. The van der Waals surface area contributed by atoms with Crippen molar-refractivity contribution in [2.45, 2.75) is 25.9 Å². The van der Waals surface area contributed by atoms with Crippen LogP contribution in [0.15, 0.2) is 21.8 Å². The number of rotatable bonds is 4. The molecule has 0 saturated heterocycles. The van der Waals surface area contributed by atoms with Crippen LogP contribution in [0.2, 0.25) is 0 Å². The van der Waals surface area contributed by atoms with Crippen LogP contribution in [-0.2, 0) is 4.79 Å². The van der Waals surface area contributed by atoms with Crippen molar-refractivity contribution in [2.24, 2.45) is 0 Å². The van der Waals surface area contributed by atoms with Crippen molar-refractivity contribution in [2.75, 3.05) is 11.1 Å². The number of nitrogens with one attached hydrogen (secondary N) is 1. The van der Waals surface area contributed by atoms with Crippen LogP contribution in [0.1, 0.15) is 17.1 Å². The fourth-order valence-electron chi connectivity index (χ4n) is 1.94. The van der Waals surface area contributed by atoms with E-state index in [4.69, 9.17) is 4.52 Å². The maximum Gasteiger partial charge on any atom is 0.253 e. The Morgan fingerprint density at radius 3 is 2.86 bits per heavy atom. The summed E-state index contributed by atoms with van der Waals surface area (Å²) in [7, 11) is 0. The van der Waals surface area contributed by atoms with E-state index in [9.17, 15) is 4.79 Å². The normalized spacial score (nSPS) is 11.0. The summed E-state index contributed by atoms with van der Waals surface area (Å²) in [6, 6.07) is 3.58. The molecule has 1 amide bonds. The Hall–Kier alpha value is -2.42. The van der Waals surface area contributed by atoms with E-state index in [2.05, 4.69) is 25.5 Å². The number of hydrogen-bond donors (Lipinski definition) is 1. The molecular formula is C13H14N6O2S. The first-order valence-corrected chi connectivity index (χ1v) is 7.57. The standard InChI is InChI=1S/C13H14N6O2S/c1-7-4-8(2)19-12(14-7)16-13(17-19)22-6-11(20)15-10-5-9(3)21-18-10/h4-5H,6H2,1-3H3,(H,15,18,20). The summed E-state index contributed by atoms with van der Waals surface area (Å²) < 4.78 is 6.55. The Bertz CT molecular complexity index is 840. The molecule has 1 N–H and O–H groups in total. The van der Waals surface area contributed by atoms with Gasteiger partial charge in [-0.05, 0) is 26.8 Å². The van der Waals surface area contributed by atoms with Crippen LogP contribution in [0.3, 0.4) is 0 Å². The number of aromatic nitrogens is 5. The third-order valence-electron chi connectivity index (χ3n) is 2.83. The fourth-order valence-corrected chi connectivity index (χ4v) is 2.56. The number of anilines is 1. The second kappa shape index (κ2) is 5.76. The second-order valence-corrected chi connectivity index (χ2v) is 5.75. The topological polar surface area (TPSA) is 98.2 Å². The molecule has 0 atom stereocenters. The van der Waals surface area contributed by atoms with Crippen LogP contribution < -0.4 is 5.32 Å². The van der Waals surface area contributed by atoms with Gasteiger partial charge in [0.15, 0.2) is 5.82 Å². The van der Waals surface area contributed by atoms with Gasteiger partial charge in [-0.25, -0.2) is 9.50 Å². The summed E-state index contributed by atoms with van der Waals surface area (Å²) >= 11 is 1.24. The molecule has 0 spiro atoms. The molecule has 0 aliphatic carbocycles. The maximum absolute atomic E-state index is 11.8. The van der Waals surface area contributed by atoms with E-state index in [-0.39, 0.29) is 11.7 Å². The van der Waals surface area contributed by atoms with Gasteiger partial charge in [-0.1, -0.05) is 16.9 Å². The Morgan fingerprint density at radius 1 is 1.32 bits per heavy atom. The van der Waals surface area contributed by atoms with Gasteiger partial charge < -0.3 is 9.84 Å². The van der Waals surface area contributed by atoms with Gasteiger partial charge in [0.2, 0.25) is 11.1 Å². The average Bonchev–Trinajstić information content (AvgIpc) is 3.03. The predicted molar refractivity (Wildman–Crippen MR) is 80.8 cm³/mol. The van der Waals surface area contributed by atoms with E-state index in [1.165, 1.54) is 11.8 Å². The summed E-state index contributed by atoms with van der Waals surface area (Å²) in [5.74, 6) is 1.56. The summed E-state index contributed by atoms with van der Waals surface area (Å²) in [6.07, 6.45) is 0. The van der Waals surface area contributed by atoms with Gasteiger partial charge in [0.1, 0.15) is 5.76 Å². The number of amides is 1. The molecule has 3 rings (SSSR count). The number of aryl methyl sites for hydroxylation is 3. The highest BCUT2D eigenvalue weighted by atomic mass is 32.2. The van der Waals surface area contributed by atoms with Crippen molar-refractivity contribution in [1.82, 2.24) is 24.7 Å². The van der Waals surface area contributed by atoms with Crippen LogP contribution in [0.5, 0.6) is 0 Å². The third-order valence-corrected chi connectivity index (χ3v) is 3.66. The van der Waals surface area contributed by atoms with Crippen LogP contribution in [0, 0.1) is 20.8 Å². The van der Waals surface area contributed by atoms with Crippen molar-refractivity contribution in [3.8, 4) is 0 Å². The molecule has 114 valence electrons. The third kappa shape index (κ3) is 3.08. The fraction of sp³-hybridized carbons (Fsp3) is 0.308. The van der Waals surface area contributed by atoms with E-state index in [0.717, 1.165) is 11.4 Å². The largest absolute Gasteiger partial charge is 0.360 e. The van der Waals surface area contributed by atoms with Crippen molar-refractivity contribution in [3.63, 3.8) is 0 Å². The first kappa shape index (κ1) is 14.5. The van der Waals surface area contributed by atoms with Gasteiger partial charge in [0, 0.05) is 17.5 Å². The molecule has 0 aliphatic rings. The Morgan fingerprint density at radius 2 is 2.14 bits per heavy atom. The van der Waals surface area contributed by atoms with Gasteiger partial charge in [-0.3, -0.25) is 4.79 Å². The smallest absolute Gasteiger partial charge is 0.253 e. The number of nitrogens with zero attached hydrogens (tertiary/aromatic N) is 5. The molecule has 9 heteroatoms. The lowest BCUT2D eigenvalue weighted by atomic mass is 10.4. The monoisotopic (exact) mass is 318 g/mol. The van der Waals surface area contributed by atoms with Crippen molar-refractivity contribution < 1.29 is 9.32 Å². The summed E-state index contributed by atoms with van der Waals surface area (Å²) in [5.41, 5.74) is 1.83. The number of carbonyl (C=O) groups is 1. The highest BCUT2D eigenvalue weighted by molar-refractivity contribution is 7.99. The lowest BCUT2D eigenvalue weighted by Gasteiger charge is -1.98. The zero-order valence-electron chi connectivity index (χ0n) is 12.3. The summed E-state index contributed by atoms with van der Waals surface area (Å²) in [4.78, 5) is 20.5. The molecular weight excluding hydrogens is 304 g/mol. The van der Waals surface area contributed by atoms with Gasteiger partial charge >= 0.3 is 0 Å². The molecule has 0 radical (unpaired) electrons. The van der Waals surface area contributed by atoms with E-state index < -0.39 is 0 Å². The van der Waals surface area contributed by atoms with E-state index in [1.54, 1.807) is 17.5 Å². The lowest BCUT2D eigenvalue weighted by Crippen LogP contribution is -2.14. The molecule has 3 aromatic heterocycles. The van der Waals surface area contributed by atoms with Crippen LogP contribution in [0.4, 0.5) is 5.82 Å². The zero-order valence-corrected chi connectivity index (χ0v) is 13.1. The number of hydrogen-bond acceptors (Lipinski definition) is 7. The average molecular weight is 318 g/mol. The minimum Gasteiger partial charge on any atom is -0.360 e. The number of carbonyl (C=O) groups excluding carboxylic acids is 1. The lowest BCUT2D eigenvalue weighted by molar-refractivity contribution is -0.113. The predicted octanol–water partition coefficient (Wildman–Crippen LogP) is 1.77. The van der Waals surface area contributed by atoms with Crippen molar-refractivity contribution >= 4 is 29.3 Å². The molecule has 3 heterocycles. The van der Waals surface area contributed by atoms with E-state index in [0.29, 0.717) is 22.5 Å². The molecule has 22 heavy (non-hydrogen) atoms. The number of thioether (sulfide) groups is 1. The van der Waals surface area contributed by atoms with Gasteiger partial charge in [-0.2, -0.15) is 4.98 Å². The van der Waals surface area contributed by atoms with Crippen LogP contribution in [0.25, 0.3) is 5.78 Å². The quantitative estimate of drug-likeness (QED) is 0.732. The molecule has 0 fully saturated rings. The molecule has 0 unspecified atom stereocenters. The molecule has 0 aromatic carbocycles. The Kier molecular flexibility index (Phi) is 3.80. The zero-order chi connectivity index (χ0) is 15.7. The molecule has 0 saturated carbocycles. The maximum atomic E-state index is 11.8. The van der Waals surface area contributed by atoms with Crippen molar-refractivity contribution in [3.05, 3.63) is 29.3 Å². The molecule has 3 aromatic rings. The first-order chi connectivity index (χ1) is 10.5. The van der Waals surface area contributed by atoms with Gasteiger partial charge in [0.05, 0.1) is 5.75 Å². The van der Waals surface area contributed by atoms with E-state index in [1.807, 2.05) is 19.9 Å². The molecule has 0 bridgehead atoms. The Balaban J connectivity index is 1.66. The molecule has 8 nitrogen and oxygen atoms in total. The van der Waals surface area contributed by atoms with Crippen molar-refractivity contribution in [1.29, 1.82) is 0 Å². The number of fused-ring (bicyclic) bond motifs is 1. The summed E-state index contributed by atoms with van der Waals surface area (Å²) in [6.45, 7) is 5.60. The van der Waals surface area contributed by atoms with E-state index >= 15 is 0 Å². The Labute approximate surface area is 130 Å². The van der Waals surface area contributed by atoms with Crippen LogP contribution in [-0.4, -0.2) is 36.4 Å². The van der Waals surface area contributed by atoms with Crippen LogP contribution >= 0.6 is 11.8 Å². The minimum atomic E-state index is -0.196. The van der Waals surface area contributed by atoms with Gasteiger partial charge in [0.25, 0.3) is 5.78 Å². The van der Waals surface area contributed by atoms with Gasteiger partial charge in [-0.15, -0.1) is 5.10 Å². The highest BCUT2D eigenvalue weighted by Gasteiger charge is 2.11. The SMILES string of the molecule is Cc1cc(C)n2nc(SCC(=O)Nc3cc(C)on3)nc2n1. The molecule has 0 aliphatic heterocycles. The minimum absolute atomic E-state index is 0.181. The first-order valence-electron chi connectivity index (χ1n) is 6.58.